The molecule has 3 heteroatoms. The lowest BCUT2D eigenvalue weighted by Crippen LogP contribution is -2.12. The van der Waals surface area contributed by atoms with Crippen LogP contribution in [-0.2, 0) is 11.8 Å². The van der Waals surface area contributed by atoms with Crippen LogP contribution >= 0.6 is 0 Å². The predicted molar refractivity (Wildman–Crippen MR) is 137 cm³/mol. The molecule has 0 bridgehead atoms. The lowest BCUT2D eigenvalue weighted by Gasteiger charge is -2.22. The molecule has 0 amide bonds. The van der Waals surface area contributed by atoms with Crippen molar-refractivity contribution in [1.29, 1.82) is 0 Å². The molecule has 0 aliphatic rings. The van der Waals surface area contributed by atoms with Gasteiger partial charge in [-0.25, -0.2) is 9.97 Å². The number of aromatic nitrogens is 2. The minimum atomic E-state index is 0.0274. The summed E-state index contributed by atoms with van der Waals surface area (Å²) in [6.45, 7) is 11.3. The van der Waals surface area contributed by atoms with E-state index in [-0.39, 0.29) is 5.41 Å². The van der Waals surface area contributed by atoms with Gasteiger partial charge in [0.15, 0.2) is 0 Å². The highest BCUT2D eigenvalue weighted by Crippen LogP contribution is 2.36. The Morgan fingerprint density at radius 1 is 0.879 bits per heavy atom. The lowest BCUT2D eigenvalue weighted by atomic mass is 9.82. The highest BCUT2D eigenvalue weighted by Gasteiger charge is 2.19. The first-order valence-corrected chi connectivity index (χ1v) is 11.7. The lowest BCUT2D eigenvalue weighted by molar-refractivity contribution is 0.594. The van der Waals surface area contributed by atoms with Gasteiger partial charge in [0.25, 0.3) is 0 Å². The molecule has 0 N–H and O–H groups in total. The van der Waals surface area contributed by atoms with E-state index in [0.717, 1.165) is 39.9 Å². The van der Waals surface area contributed by atoms with Gasteiger partial charge < -0.3 is 4.42 Å². The Balaban J connectivity index is 1.68. The predicted octanol–water partition coefficient (Wildman–Crippen LogP) is 8.21. The van der Waals surface area contributed by atoms with Crippen LogP contribution in [0.4, 0.5) is 0 Å². The summed E-state index contributed by atoms with van der Waals surface area (Å²) >= 11 is 0. The second-order valence-electron chi connectivity index (χ2n) is 10.3. The number of nitrogens with zero attached hydrogens (tertiary/aromatic N) is 2. The fraction of sp³-hybridized carbons (Fsp3) is 0.267. The van der Waals surface area contributed by atoms with E-state index in [2.05, 4.69) is 93.1 Å². The molecule has 0 radical (unpaired) electrons. The van der Waals surface area contributed by atoms with Crippen LogP contribution in [-0.4, -0.2) is 9.97 Å². The van der Waals surface area contributed by atoms with Crippen LogP contribution in [0, 0.1) is 5.92 Å². The number of furan rings is 1. The van der Waals surface area contributed by atoms with Gasteiger partial charge in [-0.05, 0) is 63.9 Å². The van der Waals surface area contributed by atoms with Gasteiger partial charge in [0.2, 0.25) is 0 Å². The Morgan fingerprint density at radius 2 is 1.67 bits per heavy atom. The van der Waals surface area contributed by atoms with Gasteiger partial charge in [0.05, 0.1) is 17.7 Å². The topological polar surface area (TPSA) is 38.9 Å². The summed E-state index contributed by atoms with van der Waals surface area (Å²) in [5.41, 5.74) is 7.55. The van der Waals surface area contributed by atoms with E-state index in [0.29, 0.717) is 5.92 Å². The molecule has 0 saturated heterocycles. The molecule has 3 aromatic carbocycles. The summed E-state index contributed by atoms with van der Waals surface area (Å²) in [7, 11) is 0. The Hall–Kier alpha value is -3.46. The average molecular weight is 435 g/mol. The van der Waals surface area contributed by atoms with Gasteiger partial charge in [-0.1, -0.05) is 71.0 Å². The van der Waals surface area contributed by atoms with Gasteiger partial charge in [-0.3, -0.25) is 0 Å². The summed E-state index contributed by atoms with van der Waals surface area (Å²) in [6.07, 6.45) is 4.55. The molecule has 0 fully saturated rings. The molecule has 5 aromatic rings. The van der Waals surface area contributed by atoms with Crippen molar-refractivity contribution in [3.63, 3.8) is 0 Å². The van der Waals surface area contributed by atoms with E-state index in [4.69, 9.17) is 4.42 Å². The quantitative estimate of drug-likeness (QED) is 0.286. The van der Waals surface area contributed by atoms with Crippen molar-refractivity contribution in [2.75, 3.05) is 0 Å². The van der Waals surface area contributed by atoms with Gasteiger partial charge in [0.1, 0.15) is 11.9 Å². The second kappa shape index (κ2) is 8.15. The zero-order chi connectivity index (χ0) is 23.2. The smallest absolute Gasteiger partial charge is 0.134 e. The number of hydrogen-bond donors (Lipinski definition) is 0. The molecule has 3 nitrogen and oxygen atoms in total. The monoisotopic (exact) mass is 434 g/mol. The molecule has 0 unspecified atom stereocenters. The Bertz CT molecular complexity index is 1450. The van der Waals surface area contributed by atoms with Crippen molar-refractivity contribution in [2.45, 2.75) is 46.5 Å². The summed E-state index contributed by atoms with van der Waals surface area (Å²) in [5, 5.41) is 3.69. The highest BCUT2D eigenvalue weighted by molar-refractivity contribution is 5.96. The van der Waals surface area contributed by atoms with Gasteiger partial charge in [0, 0.05) is 16.5 Å². The second-order valence-corrected chi connectivity index (χ2v) is 10.3. The van der Waals surface area contributed by atoms with Crippen molar-refractivity contribution in [3.05, 3.63) is 84.4 Å². The van der Waals surface area contributed by atoms with Crippen LogP contribution < -0.4 is 0 Å². The van der Waals surface area contributed by atoms with Crippen molar-refractivity contribution in [3.8, 4) is 22.5 Å². The van der Waals surface area contributed by atoms with Crippen molar-refractivity contribution < 1.29 is 4.42 Å². The van der Waals surface area contributed by atoms with Crippen LogP contribution in [0.5, 0.6) is 0 Å². The SMILES string of the molecule is CC(C)Cc1coc2cccc(-c3cc(-c4cc(C(C)(C)C)c5ccccc5c4)ncn3)c12. The number of benzene rings is 3. The van der Waals surface area contributed by atoms with Gasteiger partial charge >= 0.3 is 0 Å². The largest absolute Gasteiger partial charge is 0.464 e. The first-order valence-electron chi connectivity index (χ1n) is 11.7. The van der Waals surface area contributed by atoms with E-state index in [1.807, 2.05) is 18.4 Å². The van der Waals surface area contributed by atoms with Crippen molar-refractivity contribution in [1.82, 2.24) is 9.97 Å². The number of fused-ring (bicyclic) bond motifs is 2. The summed E-state index contributed by atoms with van der Waals surface area (Å²) in [6, 6.07) is 21.4. The molecule has 166 valence electrons. The summed E-state index contributed by atoms with van der Waals surface area (Å²) < 4.78 is 5.88. The van der Waals surface area contributed by atoms with Gasteiger partial charge in [-0.2, -0.15) is 0 Å². The minimum absolute atomic E-state index is 0.0274. The van der Waals surface area contributed by atoms with Crippen molar-refractivity contribution >= 4 is 21.7 Å². The molecule has 0 atom stereocenters. The Morgan fingerprint density at radius 3 is 2.45 bits per heavy atom. The summed E-state index contributed by atoms with van der Waals surface area (Å²) in [4.78, 5) is 9.33. The standard InChI is InChI=1S/C30H30N2O/c1-19(2)13-22-17-33-28-12-8-11-24(29(22)28)27-16-26(31-18-32-27)21-14-20-9-6-7-10-23(20)25(15-21)30(3,4)5/h6-12,14-19H,13H2,1-5H3. The maximum Gasteiger partial charge on any atom is 0.134 e. The van der Waals surface area contributed by atoms with E-state index in [1.165, 1.54) is 21.9 Å². The zero-order valence-electron chi connectivity index (χ0n) is 20.0. The van der Waals surface area contributed by atoms with Crippen LogP contribution in [0.25, 0.3) is 44.3 Å². The molecule has 2 aromatic heterocycles. The Kier molecular flexibility index (Phi) is 5.28. The molecule has 0 saturated carbocycles. The van der Waals surface area contributed by atoms with E-state index < -0.39 is 0 Å². The van der Waals surface area contributed by atoms with Crippen molar-refractivity contribution in [2.24, 2.45) is 5.92 Å². The molecular weight excluding hydrogens is 404 g/mol. The maximum atomic E-state index is 5.88. The van der Waals surface area contributed by atoms with Crippen LogP contribution in [0.3, 0.4) is 0 Å². The number of hydrogen-bond acceptors (Lipinski definition) is 3. The molecule has 0 spiro atoms. The Labute approximate surface area is 195 Å². The fourth-order valence-corrected chi connectivity index (χ4v) is 4.70. The van der Waals surface area contributed by atoms with E-state index >= 15 is 0 Å². The third kappa shape index (κ3) is 4.04. The van der Waals surface area contributed by atoms with Gasteiger partial charge in [-0.15, -0.1) is 0 Å². The fourth-order valence-electron chi connectivity index (χ4n) is 4.70. The first-order chi connectivity index (χ1) is 15.8. The number of rotatable bonds is 4. The maximum absolute atomic E-state index is 5.88. The van der Waals surface area contributed by atoms with Crippen LogP contribution in [0.2, 0.25) is 0 Å². The molecule has 0 aliphatic carbocycles. The summed E-state index contributed by atoms with van der Waals surface area (Å²) in [5.74, 6) is 0.549. The third-order valence-electron chi connectivity index (χ3n) is 6.21. The van der Waals surface area contributed by atoms with E-state index in [1.54, 1.807) is 6.33 Å². The molecule has 5 rings (SSSR count). The van der Waals surface area contributed by atoms with Crippen LogP contribution in [0.1, 0.15) is 45.7 Å². The molecule has 2 heterocycles. The average Bonchev–Trinajstić information content (AvgIpc) is 3.20. The normalized spacial score (nSPS) is 12.2. The first kappa shape index (κ1) is 21.4. The minimum Gasteiger partial charge on any atom is -0.464 e. The zero-order valence-corrected chi connectivity index (χ0v) is 20.0. The molecular formula is C30H30N2O. The third-order valence-corrected chi connectivity index (χ3v) is 6.21. The van der Waals surface area contributed by atoms with E-state index in [9.17, 15) is 0 Å². The van der Waals surface area contributed by atoms with Crippen LogP contribution in [0.15, 0.2) is 77.7 Å². The highest BCUT2D eigenvalue weighted by atomic mass is 16.3. The molecule has 0 aliphatic heterocycles. The molecule has 33 heavy (non-hydrogen) atoms.